The van der Waals surface area contributed by atoms with Crippen LogP contribution in [0.3, 0.4) is 0 Å². The van der Waals surface area contributed by atoms with E-state index >= 15 is 0 Å². The highest BCUT2D eigenvalue weighted by atomic mass is 19.4. The zero-order valence-electron chi connectivity index (χ0n) is 18.9. The van der Waals surface area contributed by atoms with Crippen molar-refractivity contribution >= 4 is 17.9 Å². The van der Waals surface area contributed by atoms with E-state index in [2.05, 4.69) is 9.47 Å². The Hall–Kier alpha value is -1.94. The Morgan fingerprint density at radius 2 is 1.26 bits per heavy atom. The van der Waals surface area contributed by atoms with Crippen LogP contribution < -0.4 is 0 Å². The van der Waals surface area contributed by atoms with Crippen molar-refractivity contribution in [2.24, 2.45) is 16.2 Å². The van der Waals surface area contributed by atoms with E-state index in [4.69, 9.17) is 4.74 Å². The molecular formula is C20H31F5O6. The molecule has 1 atom stereocenters. The molecule has 0 fully saturated rings. The van der Waals surface area contributed by atoms with Crippen LogP contribution in [0, 0.1) is 16.2 Å². The summed E-state index contributed by atoms with van der Waals surface area (Å²) in [6, 6.07) is 0. The summed E-state index contributed by atoms with van der Waals surface area (Å²) in [7, 11) is 0. The highest BCUT2D eigenvalue weighted by Crippen LogP contribution is 2.48. The normalized spacial score (nSPS) is 15.1. The Morgan fingerprint density at radius 3 is 1.68 bits per heavy atom. The molecule has 182 valence electrons. The van der Waals surface area contributed by atoms with Crippen LogP contribution in [0.2, 0.25) is 0 Å². The molecule has 0 N–H and O–H groups in total. The fraction of sp³-hybridized carbons (Fsp3) is 0.850. The van der Waals surface area contributed by atoms with Crippen molar-refractivity contribution in [1.29, 1.82) is 0 Å². The van der Waals surface area contributed by atoms with E-state index in [-0.39, 0.29) is 5.41 Å². The first-order chi connectivity index (χ1) is 13.7. The molecule has 0 aromatic heterocycles. The average molecular weight is 462 g/mol. The minimum atomic E-state index is -5.89. The molecule has 0 spiro atoms. The van der Waals surface area contributed by atoms with E-state index in [0.29, 0.717) is 6.42 Å². The van der Waals surface area contributed by atoms with E-state index < -0.39 is 60.7 Å². The molecule has 0 aliphatic rings. The molecule has 6 nitrogen and oxygen atoms in total. The van der Waals surface area contributed by atoms with Crippen LogP contribution in [0.4, 0.5) is 22.0 Å². The fourth-order valence-corrected chi connectivity index (χ4v) is 2.51. The van der Waals surface area contributed by atoms with Crippen LogP contribution in [-0.4, -0.2) is 43.4 Å². The number of ether oxygens (including phenoxy) is 3. The molecule has 1 unspecified atom stereocenters. The number of esters is 3. The maximum atomic E-state index is 12.7. The third kappa shape index (κ3) is 8.60. The monoisotopic (exact) mass is 462 g/mol. The smallest absolute Gasteiger partial charge is 0.456 e. The van der Waals surface area contributed by atoms with Gasteiger partial charge in [-0.25, -0.2) is 0 Å². The molecule has 11 heteroatoms. The molecule has 0 radical (unpaired) electrons. The molecule has 0 rings (SSSR count). The predicted molar refractivity (Wildman–Crippen MR) is 99.9 cm³/mol. The van der Waals surface area contributed by atoms with E-state index in [1.165, 1.54) is 0 Å². The fourth-order valence-electron chi connectivity index (χ4n) is 2.51. The first-order valence-electron chi connectivity index (χ1n) is 9.61. The quantitative estimate of drug-likeness (QED) is 0.196. The van der Waals surface area contributed by atoms with Gasteiger partial charge in [-0.05, 0) is 24.2 Å². The van der Waals surface area contributed by atoms with Gasteiger partial charge >= 0.3 is 30.0 Å². The van der Waals surface area contributed by atoms with Crippen molar-refractivity contribution in [2.75, 3.05) is 13.4 Å². The second-order valence-corrected chi connectivity index (χ2v) is 9.38. The van der Waals surface area contributed by atoms with E-state index in [9.17, 15) is 36.3 Å². The van der Waals surface area contributed by atoms with Gasteiger partial charge in [-0.15, -0.1) is 0 Å². The first kappa shape index (κ1) is 29.1. The van der Waals surface area contributed by atoms with Crippen LogP contribution in [0.15, 0.2) is 0 Å². The zero-order valence-corrected chi connectivity index (χ0v) is 18.9. The molecule has 0 heterocycles. The predicted octanol–water partition coefficient (Wildman–Crippen LogP) is 5.04. The maximum Gasteiger partial charge on any atom is 0.456 e. The second-order valence-electron chi connectivity index (χ2n) is 9.38. The molecule has 0 saturated heterocycles. The number of rotatable bonds is 10. The summed E-state index contributed by atoms with van der Waals surface area (Å²) < 4.78 is 74.8. The van der Waals surface area contributed by atoms with Crippen molar-refractivity contribution in [2.45, 2.75) is 79.8 Å². The zero-order chi connectivity index (χ0) is 24.9. The van der Waals surface area contributed by atoms with Crippen LogP contribution in [0.1, 0.15) is 67.7 Å². The van der Waals surface area contributed by atoms with E-state index in [1.807, 2.05) is 41.5 Å². The van der Waals surface area contributed by atoms with Crippen LogP contribution in [0.5, 0.6) is 0 Å². The minimum Gasteiger partial charge on any atom is -0.458 e. The lowest BCUT2D eigenvalue weighted by Crippen LogP contribution is -2.45. The summed E-state index contributed by atoms with van der Waals surface area (Å²) in [6.07, 6.45) is -5.83. The van der Waals surface area contributed by atoms with Gasteiger partial charge in [-0.1, -0.05) is 48.0 Å². The van der Waals surface area contributed by atoms with Gasteiger partial charge in [0, 0.05) is 0 Å². The van der Waals surface area contributed by atoms with Gasteiger partial charge in [0.1, 0.15) is 6.42 Å². The number of carbonyl (C=O) groups is 3. The van der Waals surface area contributed by atoms with Gasteiger partial charge in [0.25, 0.3) is 0 Å². The van der Waals surface area contributed by atoms with Crippen molar-refractivity contribution in [3.8, 4) is 0 Å². The lowest BCUT2D eigenvalue weighted by atomic mass is 9.60. The van der Waals surface area contributed by atoms with Gasteiger partial charge in [-0.3, -0.25) is 14.4 Å². The largest absolute Gasteiger partial charge is 0.458 e. The molecular weight excluding hydrogens is 431 g/mol. The lowest BCUT2D eigenvalue weighted by Gasteiger charge is -2.44. The Balaban J connectivity index is 4.76. The Bertz CT molecular complexity index is 651. The Kier molecular flexibility index (Phi) is 9.49. The highest BCUT2D eigenvalue weighted by Gasteiger charge is 2.58. The lowest BCUT2D eigenvalue weighted by molar-refractivity contribution is -0.294. The van der Waals surface area contributed by atoms with Crippen LogP contribution >= 0.6 is 0 Å². The molecule has 0 aliphatic carbocycles. The third-order valence-electron chi connectivity index (χ3n) is 5.42. The highest BCUT2D eigenvalue weighted by molar-refractivity contribution is 5.91. The average Bonchev–Trinajstić information content (AvgIpc) is 2.57. The SMILES string of the molecule is CCC(C)(C)CC(C)(C(=O)OCOC(=O)CC(=O)OCC(F)(F)C(F)(F)F)C(C)(C)C. The number of hydrogen-bond acceptors (Lipinski definition) is 6. The summed E-state index contributed by atoms with van der Waals surface area (Å²) in [5.74, 6) is -8.82. The van der Waals surface area contributed by atoms with Gasteiger partial charge in [-0.2, -0.15) is 22.0 Å². The van der Waals surface area contributed by atoms with E-state index in [1.54, 1.807) is 6.92 Å². The Morgan fingerprint density at radius 1 is 0.774 bits per heavy atom. The summed E-state index contributed by atoms with van der Waals surface area (Å²) in [5.41, 5.74) is -1.63. The number of hydrogen-bond donors (Lipinski definition) is 0. The standard InChI is InChI=1S/C20H31F5O6/c1-8-17(5,6)10-18(7,16(2,3)4)15(28)31-12-30-14(27)9-13(26)29-11-19(21,22)20(23,24)25/h8-12H2,1-7H3. The molecule has 0 amide bonds. The van der Waals surface area contributed by atoms with Crippen molar-refractivity contribution in [3.05, 3.63) is 0 Å². The summed E-state index contributed by atoms with van der Waals surface area (Å²) >= 11 is 0. The molecule has 0 aliphatic heterocycles. The van der Waals surface area contributed by atoms with Crippen molar-refractivity contribution < 1.29 is 50.5 Å². The number of carbonyl (C=O) groups excluding carboxylic acids is 3. The first-order valence-corrected chi connectivity index (χ1v) is 9.61. The van der Waals surface area contributed by atoms with Gasteiger partial charge in [0.2, 0.25) is 6.79 Å². The molecule has 0 aromatic carbocycles. The molecule has 0 saturated carbocycles. The minimum absolute atomic E-state index is 0.181. The van der Waals surface area contributed by atoms with Crippen LogP contribution in [-0.2, 0) is 28.6 Å². The maximum absolute atomic E-state index is 12.7. The Labute approximate surface area is 178 Å². The van der Waals surface area contributed by atoms with Gasteiger partial charge in [0.05, 0.1) is 5.41 Å². The van der Waals surface area contributed by atoms with Crippen molar-refractivity contribution in [1.82, 2.24) is 0 Å². The second kappa shape index (κ2) is 10.1. The van der Waals surface area contributed by atoms with Gasteiger partial charge < -0.3 is 14.2 Å². The summed E-state index contributed by atoms with van der Waals surface area (Å²) in [5, 5.41) is 0. The topological polar surface area (TPSA) is 78.9 Å². The number of halogens is 5. The van der Waals surface area contributed by atoms with Gasteiger partial charge in [0.15, 0.2) is 6.61 Å². The van der Waals surface area contributed by atoms with Crippen LogP contribution in [0.25, 0.3) is 0 Å². The van der Waals surface area contributed by atoms with Crippen molar-refractivity contribution in [3.63, 3.8) is 0 Å². The number of alkyl halides is 5. The molecule has 31 heavy (non-hydrogen) atoms. The van der Waals surface area contributed by atoms with E-state index in [0.717, 1.165) is 6.42 Å². The summed E-state index contributed by atoms with van der Waals surface area (Å²) in [6.45, 7) is 10.2. The molecule has 0 aromatic rings. The molecule has 0 bridgehead atoms. The summed E-state index contributed by atoms with van der Waals surface area (Å²) in [4.78, 5) is 35.5. The third-order valence-corrected chi connectivity index (χ3v) is 5.42.